The molecular formula is C12H15N3OS. The molecule has 1 aliphatic heterocycles. The van der Waals surface area contributed by atoms with Gasteiger partial charge in [-0.1, -0.05) is 11.6 Å². The van der Waals surface area contributed by atoms with Gasteiger partial charge < -0.3 is 9.84 Å². The smallest absolute Gasteiger partial charge is 0.142 e. The van der Waals surface area contributed by atoms with Gasteiger partial charge in [-0.25, -0.2) is 4.98 Å². The molecule has 5 heteroatoms. The van der Waals surface area contributed by atoms with Crippen molar-refractivity contribution >= 4 is 11.3 Å². The maximum Gasteiger partial charge on any atom is 0.142 e. The first kappa shape index (κ1) is 10.9. The lowest BCUT2D eigenvalue weighted by Gasteiger charge is -2.21. The van der Waals surface area contributed by atoms with Crippen LogP contribution in [0.5, 0.6) is 0 Å². The number of nitrogens with one attached hydrogen (secondary N) is 1. The SMILES string of the molecule is Cc1oncc1-c1cnc(C2CCCCN2)s1. The van der Waals surface area contributed by atoms with Crippen molar-refractivity contribution in [1.82, 2.24) is 15.5 Å². The van der Waals surface area contributed by atoms with Crippen LogP contribution >= 0.6 is 11.3 Å². The Kier molecular flexibility index (Phi) is 2.94. The lowest BCUT2D eigenvalue weighted by Crippen LogP contribution is -2.26. The molecular weight excluding hydrogens is 234 g/mol. The van der Waals surface area contributed by atoms with Crippen LogP contribution in [0.4, 0.5) is 0 Å². The van der Waals surface area contributed by atoms with E-state index in [1.54, 1.807) is 17.5 Å². The van der Waals surface area contributed by atoms with Crippen LogP contribution in [-0.4, -0.2) is 16.7 Å². The molecule has 0 amide bonds. The summed E-state index contributed by atoms with van der Waals surface area (Å²) in [5.74, 6) is 0.858. The Balaban J connectivity index is 1.85. The van der Waals surface area contributed by atoms with E-state index < -0.39 is 0 Å². The Bertz CT molecular complexity index is 499. The van der Waals surface area contributed by atoms with Gasteiger partial charge in [0.15, 0.2) is 0 Å². The minimum Gasteiger partial charge on any atom is -0.361 e. The summed E-state index contributed by atoms with van der Waals surface area (Å²) in [6.07, 6.45) is 7.45. The van der Waals surface area contributed by atoms with Crippen molar-refractivity contribution in [2.24, 2.45) is 0 Å². The predicted molar refractivity (Wildman–Crippen MR) is 66.9 cm³/mol. The quantitative estimate of drug-likeness (QED) is 0.889. The van der Waals surface area contributed by atoms with Gasteiger partial charge in [-0.3, -0.25) is 0 Å². The highest BCUT2D eigenvalue weighted by molar-refractivity contribution is 7.15. The predicted octanol–water partition coefficient (Wildman–Crippen LogP) is 2.92. The van der Waals surface area contributed by atoms with Crippen LogP contribution in [0.3, 0.4) is 0 Å². The van der Waals surface area contributed by atoms with Gasteiger partial charge in [0, 0.05) is 6.20 Å². The van der Waals surface area contributed by atoms with E-state index in [-0.39, 0.29) is 0 Å². The van der Waals surface area contributed by atoms with E-state index in [0.717, 1.165) is 22.7 Å². The third-order valence-corrected chi connectivity index (χ3v) is 4.29. The lowest BCUT2D eigenvalue weighted by molar-refractivity contribution is 0.398. The van der Waals surface area contributed by atoms with Crippen molar-refractivity contribution in [3.8, 4) is 10.4 Å². The molecule has 4 nitrogen and oxygen atoms in total. The third-order valence-electron chi connectivity index (χ3n) is 3.15. The molecule has 90 valence electrons. The molecule has 3 rings (SSSR count). The molecule has 1 N–H and O–H groups in total. The highest BCUT2D eigenvalue weighted by atomic mass is 32.1. The third kappa shape index (κ3) is 2.12. The fraction of sp³-hybridized carbons (Fsp3) is 0.500. The maximum atomic E-state index is 5.09. The Morgan fingerprint density at radius 1 is 1.41 bits per heavy atom. The van der Waals surface area contributed by atoms with E-state index in [2.05, 4.69) is 15.5 Å². The zero-order valence-corrected chi connectivity index (χ0v) is 10.6. The average molecular weight is 249 g/mol. The first-order valence-electron chi connectivity index (χ1n) is 5.95. The number of nitrogens with zero attached hydrogens (tertiary/aromatic N) is 2. The number of hydrogen-bond acceptors (Lipinski definition) is 5. The molecule has 1 aliphatic rings. The number of piperidine rings is 1. The van der Waals surface area contributed by atoms with Crippen LogP contribution in [0, 0.1) is 6.92 Å². The molecule has 0 aliphatic carbocycles. The van der Waals surface area contributed by atoms with Crippen LogP contribution < -0.4 is 5.32 Å². The van der Waals surface area contributed by atoms with Crippen molar-refractivity contribution in [3.05, 3.63) is 23.2 Å². The van der Waals surface area contributed by atoms with E-state index >= 15 is 0 Å². The van der Waals surface area contributed by atoms with Gasteiger partial charge in [0.25, 0.3) is 0 Å². The molecule has 0 spiro atoms. The summed E-state index contributed by atoms with van der Waals surface area (Å²) in [7, 11) is 0. The van der Waals surface area contributed by atoms with Crippen LogP contribution in [0.25, 0.3) is 10.4 Å². The molecule has 0 bridgehead atoms. The molecule has 1 saturated heterocycles. The zero-order chi connectivity index (χ0) is 11.7. The summed E-state index contributed by atoms with van der Waals surface area (Å²) in [6, 6.07) is 0.433. The van der Waals surface area contributed by atoms with Crippen molar-refractivity contribution in [3.63, 3.8) is 0 Å². The van der Waals surface area contributed by atoms with Crippen molar-refractivity contribution in [1.29, 1.82) is 0 Å². The minimum absolute atomic E-state index is 0.433. The Morgan fingerprint density at radius 3 is 3.06 bits per heavy atom. The monoisotopic (exact) mass is 249 g/mol. The number of aryl methyl sites for hydroxylation is 1. The second-order valence-corrected chi connectivity index (χ2v) is 5.42. The Labute approximate surface area is 104 Å². The van der Waals surface area contributed by atoms with Gasteiger partial charge in [0.1, 0.15) is 10.8 Å². The van der Waals surface area contributed by atoms with Crippen LogP contribution in [0.1, 0.15) is 36.1 Å². The van der Waals surface area contributed by atoms with Gasteiger partial charge in [0.05, 0.1) is 22.7 Å². The zero-order valence-electron chi connectivity index (χ0n) is 9.77. The second kappa shape index (κ2) is 4.58. The van der Waals surface area contributed by atoms with E-state index in [1.165, 1.54) is 24.3 Å². The summed E-state index contributed by atoms with van der Waals surface area (Å²) in [5, 5.41) is 8.51. The first-order chi connectivity index (χ1) is 8.34. The molecule has 0 saturated carbocycles. The molecule has 2 aromatic rings. The number of hydrogen-bond donors (Lipinski definition) is 1. The molecule has 2 aromatic heterocycles. The molecule has 3 heterocycles. The standard InChI is InChI=1S/C12H15N3OS/c1-8-9(6-15-16-8)11-7-14-12(17-11)10-4-2-3-5-13-10/h6-7,10,13H,2-5H2,1H3. The van der Waals surface area contributed by atoms with E-state index in [1.807, 2.05) is 13.1 Å². The Hall–Kier alpha value is -1.20. The molecule has 0 radical (unpaired) electrons. The number of aromatic nitrogens is 2. The maximum absolute atomic E-state index is 5.09. The highest BCUT2D eigenvalue weighted by Crippen LogP contribution is 2.33. The van der Waals surface area contributed by atoms with Crippen LogP contribution in [-0.2, 0) is 0 Å². The summed E-state index contributed by atoms with van der Waals surface area (Å²) in [5.41, 5.74) is 1.06. The van der Waals surface area contributed by atoms with Gasteiger partial charge in [-0.05, 0) is 26.3 Å². The fourth-order valence-electron chi connectivity index (χ4n) is 2.17. The molecule has 1 unspecified atom stereocenters. The summed E-state index contributed by atoms with van der Waals surface area (Å²) in [4.78, 5) is 5.67. The van der Waals surface area contributed by atoms with Crippen molar-refractivity contribution in [2.75, 3.05) is 6.54 Å². The number of rotatable bonds is 2. The van der Waals surface area contributed by atoms with E-state index in [4.69, 9.17) is 4.52 Å². The highest BCUT2D eigenvalue weighted by Gasteiger charge is 2.19. The summed E-state index contributed by atoms with van der Waals surface area (Å²) < 4.78 is 5.09. The largest absolute Gasteiger partial charge is 0.361 e. The normalized spacial score (nSPS) is 20.6. The fourth-order valence-corrected chi connectivity index (χ4v) is 3.26. The molecule has 0 aromatic carbocycles. The van der Waals surface area contributed by atoms with Crippen LogP contribution in [0.15, 0.2) is 16.9 Å². The Morgan fingerprint density at radius 2 is 2.35 bits per heavy atom. The van der Waals surface area contributed by atoms with Gasteiger partial charge in [-0.2, -0.15) is 0 Å². The first-order valence-corrected chi connectivity index (χ1v) is 6.77. The van der Waals surface area contributed by atoms with Crippen LogP contribution in [0.2, 0.25) is 0 Å². The van der Waals surface area contributed by atoms with Gasteiger partial charge >= 0.3 is 0 Å². The van der Waals surface area contributed by atoms with Gasteiger partial charge in [-0.15, -0.1) is 11.3 Å². The number of thiazole rings is 1. The summed E-state index contributed by atoms with van der Waals surface area (Å²) in [6.45, 7) is 3.03. The van der Waals surface area contributed by atoms with E-state index in [9.17, 15) is 0 Å². The minimum atomic E-state index is 0.433. The molecule has 1 atom stereocenters. The molecule has 1 fully saturated rings. The topological polar surface area (TPSA) is 51.0 Å². The van der Waals surface area contributed by atoms with Crippen molar-refractivity contribution < 1.29 is 4.52 Å². The average Bonchev–Trinajstić information content (AvgIpc) is 2.98. The second-order valence-electron chi connectivity index (χ2n) is 4.36. The molecule has 17 heavy (non-hydrogen) atoms. The lowest BCUT2D eigenvalue weighted by atomic mass is 10.1. The summed E-state index contributed by atoms with van der Waals surface area (Å²) >= 11 is 1.74. The van der Waals surface area contributed by atoms with Crippen molar-refractivity contribution in [2.45, 2.75) is 32.2 Å². The van der Waals surface area contributed by atoms with Gasteiger partial charge in [0.2, 0.25) is 0 Å². The van der Waals surface area contributed by atoms with E-state index in [0.29, 0.717) is 6.04 Å².